The van der Waals surface area contributed by atoms with Crippen LogP contribution in [0.2, 0.25) is 0 Å². The average Bonchev–Trinajstić information content (AvgIpc) is 3.19. The number of benzene rings is 1. The van der Waals surface area contributed by atoms with Crippen molar-refractivity contribution in [2.75, 3.05) is 5.32 Å². The predicted octanol–water partition coefficient (Wildman–Crippen LogP) is 3.96. The van der Waals surface area contributed by atoms with Gasteiger partial charge in [-0.2, -0.15) is 0 Å². The summed E-state index contributed by atoms with van der Waals surface area (Å²) in [6, 6.07) is 5.66. The highest BCUT2D eigenvalue weighted by molar-refractivity contribution is 9.10. The maximum Gasteiger partial charge on any atom is 0.293 e. The number of nitrogens with one attached hydrogen (secondary N) is 1. The van der Waals surface area contributed by atoms with Gasteiger partial charge in [0.25, 0.3) is 5.69 Å². The van der Waals surface area contributed by atoms with Gasteiger partial charge >= 0.3 is 0 Å². The zero-order valence-corrected chi connectivity index (χ0v) is 11.5. The van der Waals surface area contributed by atoms with Crippen LogP contribution in [0.5, 0.6) is 0 Å². The minimum Gasteiger partial charge on any atom is -0.376 e. The minimum atomic E-state index is -0.316. The van der Waals surface area contributed by atoms with Gasteiger partial charge in [-0.05, 0) is 49.7 Å². The van der Waals surface area contributed by atoms with Crippen molar-refractivity contribution in [3.63, 3.8) is 0 Å². The molecule has 1 aromatic carbocycles. The van der Waals surface area contributed by atoms with E-state index < -0.39 is 0 Å². The molecule has 0 spiro atoms. The fourth-order valence-corrected chi connectivity index (χ4v) is 2.84. The fraction of sp³-hybridized carbons (Fsp3) is 0.538. The molecule has 0 saturated heterocycles. The molecule has 0 amide bonds. The Bertz CT molecular complexity index is 472. The summed E-state index contributed by atoms with van der Waals surface area (Å²) in [5, 5.41) is 14.5. The predicted molar refractivity (Wildman–Crippen MR) is 73.7 cm³/mol. The maximum atomic E-state index is 11.1. The standard InChI is InChI=1S/C13H15BrN2O2/c14-10-5-6-11(12(7-10)16(17)18)15-13(8-1-2-8)9-3-4-9/h5-9,13,15H,1-4H2. The molecule has 96 valence electrons. The first-order valence-corrected chi connectivity index (χ1v) is 7.15. The van der Waals surface area contributed by atoms with Crippen molar-refractivity contribution in [3.8, 4) is 0 Å². The van der Waals surface area contributed by atoms with E-state index in [4.69, 9.17) is 0 Å². The third-order valence-corrected chi connectivity index (χ3v) is 4.23. The van der Waals surface area contributed by atoms with Crippen LogP contribution in [-0.2, 0) is 0 Å². The van der Waals surface area contributed by atoms with E-state index in [1.54, 1.807) is 12.1 Å². The highest BCUT2D eigenvalue weighted by Crippen LogP contribution is 2.46. The van der Waals surface area contributed by atoms with Gasteiger partial charge in [0.15, 0.2) is 0 Å². The summed E-state index contributed by atoms with van der Waals surface area (Å²) in [5.41, 5.74) is 0.822. The normalized spacial score (nSPS) is 19.0. The molecule has 3 rings (SSSR count). The Morgan fingerprint density at radius 3 is 2.39 bits per heavy atom. The smallest absolute Gasteiger partial charge is 0.293 e. The lowest BCUT2D eigenvalue weighted by atomic mass is 10.1. The van der Waals surface area contributed by atoms with Crippen molar-refractivity contribution >= 4 is 27.3 Å². The zero-order chi connectivity index (χ0) is 12.7. The first-order valence-electron chi connectivity index (χ1n) is 6.35. The second-order valence-electron chi connectivity index (χ2n) is 5.26. The molecule has 1 N–H and O–H groups in total. The van der Waals surface area contributed by atoms with Crippen molar-refractivity contribution in [1.29, 1.82) is 0 Å². The molecular formula is C13H15BrN2O2. The summed E-state index contributed by atoms with van der Waals surface area (Å²) in [4.78, 5) is 10.8. The van der Waals surface area contributed by atoms with Gasteiger partial charge in [-0.3, -0.25) is 10.1 Å². The molecule has 4 nitrogen and oxygen atoms in total. The lowest BCUT2D eigenvalue weighted by Crippen LogP contribution is -2.24. The first kappa shape index (κ1) is 12.0. The molecule has 2 saturated carbocycles. The molecule has 2 fully saturated rings. The number of nitro benzene ring substituents is 1. The van der Waals surface area contributed by atoms with E-state index >= 15 is 0 Å². The number of nitro groups is 1. The van der Waals surface area contributed by atoms with Crippen LogP contribution in [0, 0.1) is 22.0 Å². The van der Waals surface area contributed by atoms with E-state index in [1.807, 2.05) is 6.07 Å². The highest BCUT2D eigenvalue weighted by atomic mass is 79.9. The van der Waals surface area contributed by atoms with Gasteiger partial charge in [-0.1, -0.05) is 15.9 Å². The van der Waals surface area contributed by atoms with Gasteiger partial charge < -0.3 is 5.32 Å². The first-order chi connectivity index (χ1) is 8.65. The van der Waals surface area contributed by atoms with Crippen LogP contribution < -0.4 is 5.32 Å². The van der Waals surface area contributed by atoms with E-state index in [0.717, 1.165) is 16.3 Å². The van der Waals surface area contributed by atoms with Gasteiger partial charge in [0.2, 0.25) is 0 Å². The largest absolute Gasteiger partial charge is 0.376 e. The van der Waals surface area contributed by atoms with Crippen molar-refractivity contribution in [3.05, 3.63) is 32.8 Å². The van der Waals surface area contributed by atoms with Crippen LogP contribution in [0.1, 0.15) is 25.7 Å². The quantitative estimate of drug-likeness (QED) is 0.661. The van der Waals surface area contributed by atoms with Crippen LogP contribution >= 0.6 is 15.9 Å². The number of nitrogens with zero attached hydrogens (tertiary/aromatic N) is 1. The van der Waals surface area contributed by atoms with E-state index in [0.29, 0.717) is 11.7 Å². The fourth-order valence-electron chi connectivity index (χ4n) is 2.49. The van der Waals surface area contributed by atoms with E-state index in [2.05, 4.69) is 21.2 Å². The highest BCUT2D eigenvalue weighted by Gasteiger charge is 2.42. The molecule has 0 aliphatic heterocycles. The summed E-state index contributed by atoms with van der Waals surface area (Å²) in [6.45, 7) is 0. The molecule has 1 aromatic rings. The van der Waals surface area contributed by atoms with Gasteiger partial charge in [-0.25, -0.2) is 0 Å². The zero-order valence-electron chi connectivity index (χ0n) is 9.93. The summed E-state index contributed by atoms with van der Waals surface area (Å²) in [5.74, 6) is 1.45. The van der Waals surface area contributed by atoms with E-state index in [9.17, 15) is 10.1 Å². The topological polar surface area (TPSA) is 55.2 Å². The van der Waals surface area contributed by atoms with E-state index in [-0.39, 0.29) is 10.6 Å². The van der Waals surface area contributed by atoms with Crippen molar-refractivity contribution in [2.45, 2.75) is 31.7 Å². The molecule has 0 atom stereocenters. The Kier molecular flexibility index (Phi) is 3.01. The third-order valence-electron chi connectivity index (χ3n) is 3.74. The molecule has 0 radical (unpaired) electrons. The Morgan fingerprint density at radius 1 is 1.28 bits per heavy atom. The van der Waals surface area contributed by atoms with Gasteiger partial charge in [-0.15, -0.1) is 0 Å². The number of anilines is 1. The second kappa shape index (κ2) is 4.53. The molecule has 0 aromatic heterocycles. The summed E-state index contributed by atoms with van der Waals surface area (Å²) in [6.07, 6.45) is 5.05. The SMILES string of the molecule is O=[N+]([O-])c1cc(Br)ccc1NC(C1CC1)C1CC1. The Labute approximate surface area is 114 Å². The van der Waals surface area contributed by atoms with Crippen molar-refractivity contribution in [2.24, 2.45) is 11.8 Å². The average molecular weight is 311 g/mol. The molecule has 5 heteroatoms. The Morgan fingerprint density at radius 2 is 1.89 bits per heavy atom. The molecule has 18 heavy (non-hydrogen) atoms. The van der Waals surface area contributed by atoms with Crippen molar-refractivity contribution in [1.82, 2.24) is 0 Å². The molecule has 2 aliphatic carbocycles. The van der Waals surface area contributed by atoms with E-state index in [1.165, 1.54) is 25.7 Å². The molecule has 2 aliphatic rings. The second-order valence-corrected chi connectivity index (χ2v) is 6.18. The van der Waals surface area contributed by atoms with Crippen LogP contribution in [0.25, 0.3) is 0 Å². The van der Waals surface area contributed by atoms with Gasteiger partial charge in [0.1, 0.15) is 5.69 Å². The van der Waals surface area contributed by atoms with Crippen LogP contribution in [0.15, 0.2) is 22.7 Å². The molecular weight excluding hydrogens is 296 g/mol. The lowest BCUT2D eigenvalue weighted by molar-refractivity contribution is -0.384. The van der Waals surface area contributed by atoms with Crippen LogP contribution in [-0.4, -0.2) is 11.0 Å². The minimum absolute atomic E-state index is 0.163. The molecule has 0 unspecified atom stereocenters. The van der Waals surface area contributed by atoms with Gasteiger partial charge in [0.05, 0.1) is 4.92 Å². The van der Waals surface area contributed by atoms with Crippen LogP contribution in [0.4, 0.5) is 11.4 Å². The third kappa shape index (κ3) is 2.51. The van der Waals surface area contributed by atoms with Crippen molar-refractivity contribution < 1.29 is 4.92 Å². The molecule has 0 bridgehead atoms. The number of hydrogen-bond acceptors (Lipinski definition) is 3. The number of hydrogen-bond donors (Lipinski definition) is 1. The number of rotatable bonds is 5. The summed E-state index contributed by atoms with van der Waals surface area (Å²) >= 11 is 3.28. The maximum absolute atomic E-state index is 11.1. The van der Waals surface area contributed by atoms with Crippen LogP contribution in [0.3, 0.4) is 0 Å². The lowest BCUT2D eigenvalue weighted by Gasteiger charge is -2.19. The summed E-state index contributed by atoms with van der Waals surface area (Å²) < 4.78 is 0.745. The van der Waals surface area contributed by atoms with Gasteiger partial charge in [0, 0.05) is 16.6 Å². The molecule has 0 heterocycles. The monoisotopic (exact) mass is 310 g/mol. The Hall–Kier alpha value is -1.10. The number of halogens is 1. The summed E-state index contributed by atoms with van der Waals surface area (Å²) in [7, 11) is 0. The Balaban J connectivity index is 1.84.